The third-order valence-corrected chi connectivity index (χ3v) is 3.15. The van der Waals surface area contributed by atoms with Crippen molar-refractivity contribution in [3.8, 4) is 17.2 Å². The van der Waals surface area contributed by atoms with E-state index in [1.54, 1.807) is 14.2 Å². The molecule has 0 amide bonds. The van der Waals surface area contributed by atoms with Crippen molar-refractivity contribution in [3.05, 3.63) is 53.6 Å². The van der Waals surface area contributed by atoms with E-state index in [1.807, 2.05) is 42.5 Å². The fourth-order valence-corrected chi connectivity index (χ4v) is 2.08. The number of benzene rings is 2. The van der Waals surface area contributed by atoms with Gasteiger partial charge in [0, 0.05) is 6.61 Å². The Bertz CT molecular complexity index is 541. The highest BCUT2D eigenvalue weighted by atomic mass is 16.5. The summed E-state index contributed by atoms with van der Waals surface area (Å²) in [5.74, 6) is 1.79. The summed E-state index contributed by atoms with van der Waals surface area (Å²) in [6.07, 6.45) is 0.547. The molecular weight excluding hydrogens is 268 g/mol. The van der Waals surface area contributed by atoms with Crippen molar-refractivity contribution in [2.75, 3.05) is 20.8 Å². The quantitative estimate of drug-likeness (QED) is 0.851. The van der Waals surface area contributed by atoms with Crippen molar-refractivity contribution in [2.24, 2.45) is 0 Å². The molecule has 21 heavy (non-hydrogen) atoms. The van der Waals surface area contributed by atoms with Crippen LogP contribution in [0.2, 0.25) is 0 Å². The molecule has 0 heterocycles. The Morgan fingerprint density at radius 2 is 1.52 bits per heavy atom. The Kier molecular flexibility index (Phi) is 5.46. The minimum absolute atomic E-state index is 0.0799. The molecule has 2 aromatic rings. The highest BCUT2D eigenvalue weighted by molar-refractivity contribution is 5.54. The van der Waals surface area contributed by atoms with E-state index in [0.29, 0.717) is 30.3 Å². The van der Waals surface area contributed by atoms with Crippen molar-refractivity contribution in [3.63, 3.8) is 0 Å². The van der Waals surface area contributed by atoms with E-state index in [4.69, 9.17) is 19.3 Å². The highest BCUT2D eigenvalue weighted by Crippen LogP contribution is 2.39. The third-order valence-electron chi connectivity index (χ3n) is 3.15. The lowest BCUT2D eigenvalue weighted by Crippen LogP contribution is -2.02. The van der Waals surface area contributed by atoms with Gasteiger partial charge in [-0.2, -0.15) is 0 Å². The van der Waals surface area contributed by atoms with Crippen molar-refractivity contribution >= 4 is 0 Å². The molecule has 1 N–H and O–H groups in total. The summed E-state index contributed by atoms with van der Waals surface area (Å²) in [5.41, 5.74) is 2.01. The zero-order chi connectivity index (χ0) is 15.1. The number of hydrogen-bond donors (Lipinski definition) is 1. The smallest absolute Gasteiger partial charge is 0.203 e. The largest absolute Gasteiger partial charge is 0.493 e. The van der Waals surface area contributed by atoms with Crippen LogP contribution >= 0.6 is 0 Å². The lowest BCUT2D eigenvalue weighted by Gasteiger charge is -2.16. The molecule has 0 aromatic heterocycles. The van der Waals surface area contributed by atoms with Gasteiger partial charge in [0.2, 0.25) is 5.75 Å². The molecule has 0 saturated carbocycles. The van der Waals surface area contributed by atoms with Crippen LogP contribution in [0.5, 0.6) is 17.2 Å². The van der Waals surface area contributed by atoms with Gasteiger partial charge in [0.1, 0.15) is 6.61 Å². The third kappa shape index (κ3) is 3.89. The van der Waals surface area contributed by atoms with Gasteiger partial charge in [0.15, 0.2) is 11.5 Å². The van der Waals surface area contributed by atoms with Crippen LogP contribution in [0, 0.1) is 0 Å². The van der Waals surface area contributed by atoms with E-state index >= 15 is 0 Å². The van der Waals surface area contributed by atoms with Gasteiger partial charge < -0.3 is 19.3 Å². The Morgan fingerprint density at radius 3 is 2.05 bits per heavy atom. The number of aliphatic hydroxyl groups excluding tert-OH is 1. The lowest BCUT2D eigenvalue weighted by molar-refractivity contribution is 0.264. The van der Waals surface area contributed by atoms with Gasteiger partial charge in [-0.1, -0.05) is 30.3 Å². The molecule has 0 aliphatic carbocycles. The summed E-state index contributed by atoms with van der Waals surface area (Å²) in [7, 11) is 3.18. The molecule has 0 bridgehead atoms. The van der Waals surface area contributed by atoms with E-state index < -0.39 is 0 Å². The first-order valence-electron chi connectivity index (χ1n) is 6.81. The molecule has 0 saturated heterocycles. The second-order valence-corrected chi connectivity index (χ2v) is 4.58. The zero-order valence-corrected chi connectivity index (χ0v) is 12.3. The van der Waals surface area contributed by atoms with Crippen LogP contribution in [0.15, 0.2) is 42.5 Å². The summed E-state index contributed by atoms with van der Waals surface area (Å²) >= 11 is 0. The minimum Gasteiger partial charge on any atom is -0.493 e. The van der Waals surface area contributed by atoms with Gasteiger partial charge >= 0.3 is 0 Å². The molecule has 4 nitrogen and oxygen atoms in total. The van der Waals surface area contributed by atoms with Crippen molar-refractivity contribution < 1.29 is 19.3 Å². The van der Waals surface area contributed by atoms with Gasteiger partial charge in [0.25, 0.3) is 0 Å². The molecule has 4 heteroatoms. The van der Waals surface area contributed by atoms with Gasteiger partial charge in [-0.15, -0.1) is 0 Å². The van der Waals surface area contributed by atoms with Crippen LogP contribution in [0.1, 0.15) is 11.1 Å². The van der Waals surface area contributed by atoms with Crippen LogP contribution in [0.3, 0.4) is 0 Å². The molecule has 0 atom stereocenters. The van der Waals surface area contributed by atoms with Crippen LogP contribution in [-0.2, 0) is 13.0 Å². The van der Waals surface area contributed by atoms with Gasteiger partial charge in [0.05, 0.1) is 14.2 Å². The molecule has 0 aliphatic heterocycles. The van der Waals surface area contributed by atoms with Crippen LogP contribution < -0.4 is 14.2 Å². The van der Waals surface area contributed by atoms with E-state index in [9.17, 15) is 0 Å². The molecular formula is C17H20O4. The van der Waals surface area contributed by atoms with Crippen LogP contribution in [-0.4, -0.2) is 25.9 Å². The molecule has 2 aromatic carbocycles. The maximum absolute atomic E-state index is 9.06. The normalized spacial score (nSPS) is 10.2. The first kappa shape index (κ1) is 15.2. The minimum atomic E-state index is 0.0799. The maximum atomic E-state index is 9.06. The Morgan fingerprint density at radius 1 is 0.905 bits per heavy atom. The monoisotopic (exact) mass is 288 g/mol. The van der Waals surface area contributed by atoms with Gasteiger partial charge in [-0.25, -0.2) is 0 Å². The second kappa shape index (κ2) is 7.55. The molecule has 0 unspecified atom stereocenters. The van der Waals surface area contributed by atoms with Crippen molar-refractivity contribution in [1.82, 2.24) is 0 Å². The molecule has 2 rings (SSSR count). The summed E-state index contributed by atoms with van der Waals surface area (Å²) in [6.45, 7) is 0.517. The number of methoxy groups -OCH3 is 2. The predicted octanol–water partition coefficient (Wildman–Crippen LogP) is 2.82. The first-order valence-corrected chi connectivity index (χ1v) is 6.81. The summed E-state index contributed by atoms with van der Waals surface area (Å²) in [6, 6.07) is 13.6. The Balaban J connectivity index is 2.24. The molecule has 0 radical (unpaired) electrons. The Hall–Kier alpha value is -2.20. The first-order chi connectivity index (χ1) is 10.3. The molecule has 112 valence electrons. The number of hydrogen-bond acceptors (Lipinski definition) is 4. The molecule has 0 spiro atoms. The summed E-state index contributed by atoms with van der Waals surface area (Å²) in [4.78, 5) is 0. The van der Waals surface area contributed by atoms with E-state index in [-0.39, 0.29) is 6.61 Å². The fraction of sp³-hybridized carbons (Fsp3) is 0.294. The van der Waals surface area contributed by atoms with E-state index in [0.717, 1.165) is 11.1 Å². The summed E-state index contributed by atoms with van der Waals surface area (Å²) in [5, 5.41) is 9.06. The zero-order valence-electron chi connectivity index (χ0n) is 12.3. The molecule has 0 fully saturated rings. The maximum Gasteiger partial charge on any atom is 0.203 e. The van der Waals surface area contributed by atoms with Crippen molar-refractivity contribution in [1.29, 1.82) is 0 Å². The Labute approximate surface area is 124 Å². The number of rotatable bonds is 7. The number of aliphatic hydroxyl groups is 1. The van der Waals surface area contributed by atoms with E-state index in [1.165, 1.54) is 0 Å². The van der Waals surface area contributed by atoms with Crippen LogP contribution in [0.25, 0.3) is 0 Å². The van der Waals surface area contributed by atoms with Gasteiger partial charge in [-0.3, -0.25) is 0 Å². The molecule has 0 aliphatic rings. The van der Waals surface area contributed by atoms with Crippen LogP contribution in [0.4, 0.5) is 0 Å². The fourth-order valence-electron chi connectivity index (χ4n) is 2.08. The standard InChI is InChI=1S/C17H20O4/c1-19-15-10-14(8-9-18)11-16(20-2)17(15)21-12-13-6-4-3-5-7-13/h3-7,10-11,18H,8-9,12H2,1-2H3. The number of ether oxygens (including phenoxy) is 3. The summed E-state index contributed by atoms with van der Waals surface area (Å²) < 4.78 is 16.6. The average Bonchev–Trinajstić information content (AvgIpc) is 2.54. The van der Waals surface area contributed by atoms with Crippen molar-refractivity contribution in [2.45, 2.75) is 13.0 Å². The lowest BCUT2D eigenvalue weighted by atomic mass is 10.1. The average molecular weight is 288 g/mol. The highest BCUT2D eigenvalue weighted by Gasteiger charge is 2.14. The van der Waals surface area contributed by atoms with Gasteiger partial charge in [-0.05, 0) is 29.7 Å². The van der Waals surface area contributed by atoms with E-state index in [2.05, 4.69) is 0 Å². The SMILES string of the molecule is COc1cc(CCO)cc(OC)c1OCc1ccccc1. The predicted molar refractivity (Wildman–Crippen MR) is 81.1 cm³/mol. The topological polar surface area (TPSA) is 47.9 Å². The second-order valence-electron chi connectivity index (χ2n) is 4.58.